The van der Waals surface area contributed by atoms with Crippen molar-refractivity contribution >= 4 is 5.91 Å². The third kappa shape index (κ3) is 3.40. The second-order valence-corrected chi connectivity index (χ2v) is 6.05. The summed E-state index contributed by atoms with van der Waals surface area (Å²) in [7, 11) is 0. The highest BCUT2D eigenvalue weighted by molar-refractivity contribution is 5.82. The van der Waals surface area contributed by atoms with Gasteiger partial charge in [-0.2, -0.15) is 0 Å². The number of amides is 1. The van der Waals surface area contributed by atoms with Crippen molar-refractivity contribution in [1.82, 2.24) is 10.6 Å². The molecule has 5 heteroatoms. The Morgan fingerprint density at radius 2 is 2.24 bits per heavy atom. The minimum absolute atomic E-state index is 0.00492. The van der Waals surface area contributed by atoms with Crippen LogP contribution in [0.1, 0.15) is 30.7 Å². The Labute approximate surface area is 123 Å². The van der Waals surface area contributed by atoms with E-state index in [1.54, 1.807) is 0 Å². The van der Waals surface area contributed by atoms with Crippen LogP contribution in [0.4, 0.5) is 8.78 Å². The molecular weight excluding hydrogens is 274 g/mol. The molecule has 0 aromatic heterocycles. The molecule has 114 valence electrons. The Kier molecular flexibility index (Phi) is 4.19. The predicted octanol–water partition coefficient (Wildman–Crippen LogP) is 2.18. The van der Waals surface area contributed by atoms with Crippen LogP contribution in [0.2, 0.25) is 0 Å². The number of carbonyl (C=O) groups excluding carboxylic acids is 1. The maximum Gasteiger partial charge on any atom is 0.223 e. The van der Waals surface area contributed by atoms with Crippen molar-refractivity contribution in [2.45, 2.75) is 25.2 Å². The largest absolute Gasteiger partial charge is 0.356 e. The van der Waals surface area contributed by atoms with Crippen molar-refractivity contribution < 1.29 is 13.6 Å². The minimum atomic E-state index is -0.580. The fourth-order valence-corrected chi connectivity index (χ4v) is 3.12. The van der Waals surface area contributed by atoms with E-state index in [1.165, 1.54) is 18.6 Å². The number of halogens is 2. The smallest absolute Gasteiger partial charge is 0.223 e. The van der Waals surface area contributed by atoms with E-state index in [-0.39, 0.29) is 17.7 Å². The zero-order valence-electron chi connectivity index (χ0n) is 11.9. The van der Waals surface area contributed by atoms with Gasteiger partial charge in [-0.1, -0.05) is 6.07 Å². The molecular formula is C16H20F2N2O. The molecule has 3 nitrogen and oxygen atoms in total. The summed E-state index contributed by atoms with van der Waals surface area (Å²) in [6.07, 6.45) is 2.81. The molecule has 1 saturated heterocycles. The van der Waals surface area contributed by atoms with Crippen LogP contribution >= 0.6 is 0 Å². The summed E-state index contributed by atoms with van der Waals surface area (Å²) in [5, 5.41) is 6.24. The maximum atomic E-state index is 13.7. The molecule has 2 N–H and O–H groups in total. The van der Waals surface area contributed by atoms with Gasteiger partial charge in [-0.05, 0) is 55.8 Å². The molecule has 3 unspecified atom stereocenters. The normalized spacial score (nSPS) is 27.6. The lowest BCUT2D eigenvalue weighted by Crippen LogP contribution is -2.28. The van der Waals surface area contributed by atoms with Crippen molar-refractivity contribution in [3.05, 3.63) is 35.4 Å². The van der Waals surface area contributed by atoms with E-state index >= 15 is 0 Å². The lowest BCUT2D eigenvalue weighted by atomic mass is 10.1. The first-order valence-corrected chi connectivity index (χ1v) is 7.58. The zero-order chi connectivity index (χ0) is 14.8. The van der Waals surface area contributed by atoms with E-state index in [4.69, 9.17) is 0 Å². The molecule has 0 radical (unpaired) electrons. The second-order valence-electron chi connectivity index (χ2n) is 6.05. The molecule has 1 heterocycles. The highest BCUT2D eigenvalue weighted by atomic mass is 19.1. The van der Waals surface area contributed by atoms with Gasteiger partial charge in [0.2, 0.25) is 5.91 Å². The average molecular weight is 294 g/mol. The Bertz CT molecular complexity index is 529. The number of hydrogen-bond acceptors (Lipinski definition) is 2. The van der Waals surface area contributed by atoms with Crippen molar-refractivity contribution in [3.8, 4) is 0 Å². The first-order chi connectivity index (χ1) is 10.1. The van der Waals surface area contributed by atoms with Crippen molar-refractivity contribution in [2.75, 3.05) is 19.6 Å². The molecule has 0 spiro atoms. The number of carbonyl (C=O) groups is 1. The van der Waals surface area contributed by atoms with Gasteiger partial charge in [0.25, 0.3) is 0 Å². The summed E-state index contributed by atoms with van der Waals surface area (Å²) in [5.74, 6) is -0.745. The molecule has 2 fully saturated rings. The summed E-state index contributed by atoms with van der Waals surface area (Å²) in [6, 6.07) is 3.58. The van der Waals surface area contributed by atoms with Crippen LogP contribution in [0.3, 0.4) is 0 Å². The highest BCUT2D eigenvalue weighted by Gasteiger charge is 2.45. The molecule has 1 aliphatic heterocycles. The molecule has 1 aromatic carbocycles. The predicted molar refractivity (Wildman–Crippen MR) is 75.8 cm³/mol. The van der Waals surface area contributed by atoms with Gasteiger partial charge in [0.15, 0.2) is 0 Å². The number of benzene rings is 1. The van der Waals surface area contributed by atoms with Gasteiger partial charge < -0.3 is 10.6 Å². The van der Waals surface area contributed by atoms with Crippen LogP contribution in [-0.2, 0) is 4.79 Å². The van der Waals surface area contributed by atoms with Crippen molar-refractivity contribution in [2.24, 2.45) is 11.8 Å². The van der Waals surface area contributed by atoms with Crippen LogP contribution < -0.4 is 10.6 Å². The topological polar surface area (TPSA) is 41.1 Å². The van der Waals surface area contributed by atoms with E-state index in [2.05, 4.69) is 10.6 Å². The molecule has 1 aromatic rings. The summed E-state index contributed by atoms with van der Waals surface area (Å²) in [4.78, 5) is 12.0. The Hall–Kier alpha value is -1.49. The van der Waals surface area contributed by atoms with Crippen LogP contribution in [-0.4, -0.2) is 25.5 Å². The van der Waals surface area contributed by atoms with Gasteiger partial charge in [-0.15, -0.1) is 0 Å². The van der Waals surface area contributed by atoms with Gasteiger partial charge in [0.05, 0.1) is 0 Å². The molecule has 1 aliphatic carbocycles. The number of rotatable bonds is 5. The second kappa shape index (κ2) is 6.10. The number of hydrogen-bond donors (Lipinski definition) is 2. The first kappa shape index (κ1) is 14.4. The van der Waals surface area contributed by atoms with Crippen LogP contribution in [0.15, 0.2) is 18.2 Å². The van der Waals surface area contributed by atoms with Gasteiger partial charge in [-0.25, -0.2) is 8.78 Å². The molecule has 0 bridgehead atoms. The van der Waals surface area contributed by atoms with Gasteiger partial charge in [-0.3, -0.25) is 4.79 Å². The van der Waals surface area contributed by atoms with E-state index in [0.29, 0.717) is 24.4 Å². The van der Waals surface area contributed by atoms with Gasteiger partial charge >= 0.3 is 0 Å². The molecule has 1 amide bonds. The standard InChI is InChI=1S/C16H20F2N2O/c17-11-1-2-12(15(18)7-11)13-8-14(13)16(21)20-6-4-10-3-5-19-9-10/h1-2,7,10,13-14,19H,3-6,8-9H2,(H,20,21). The third-order valence-electron chi connectivity index (χ3n) is 4.50. The van der Waals surface area contributed by atoms with Crippen molar-refractivity contribution in [3.63, 3.8) is 0 Å². The third-order valence-corrected chi connectivity index (χ3v) is 4.50. The minimum Gasteiger partial charge on any atom is -0.356 e. The lowest BCUT2D eigenvalue weighted by molar-refractivity contribution is -0.122. The molecule has 2 aliphatic rings. The van der Waals surface area contributed by atoms with Crippen LogP contribution in [0, 0.1) is 23.5 Å². The van der Waals surface area contributed by atoms with Gasteiger partial charge in [0, 0.05) is 18.5 Å². The Morgan fingerprint density at radius 3 is 2.95 bits per heavy atom. The summed E-state index contributed by atoms with van der Waals surface area (Å²) in [6.45, 7) is 2.77. The average Bonchev–Trinajstić information content (AvgIpc) is 3.06. The molecule has 3 rings (SSSR count). The molecule has 21 heavy (non-hydrogen) atoms. The molecule has 1 saturated carbocycles. The van der Waals surface area contributed by atoms with Gasteiger partial charge in [0.1, 0.15) is 11.6 Å². The van der Waals surface area contributed by atoms with Crippen LogP contribution in [0.25, 0.3) is 0 Å². The number of nitrogens with one attached hydrogen (secondary N) is 2. The van der Waals surface area contributed by atoms with Crippen molar-refractivity contribution in [1.29, 1.82) is 0 Å². The first-order valence-electron chi connectivity index (χ1n) is 7.58. The zero-order valence-corrected chi connectivity index (χ0v) is 11.9. The summed E-state index contributed by atoms with van der Waals surface area (Å²) >= 11 is 0. The fraction of sp³-hybridized carbons (Fsp3) is 0.562. The van der Waals surface area contributed by atoms with E-state index in [0.717, 1.165) is 25.6 Å². The summed E-state index contributed by atoms with van der Waals surface area (Å²) in [5.41, 5.74) is 0.455. The van der Waals surface area contributed by atoms with E-state index in [9.17, 15) is 13.6 Å². The van der Waals surface area contributed by atoms with Crippen LogP contribution in [0.5, 0.6) is 0 Å². The Morgan fingerprint density at radius 1 is 1.38 bits per heavy atom. The highest BCUT2D eigenvalue weighted by Crippen LogP contribution is 2.48. The molecule has 3 atom stereocenters. The quantitative estimate of drug-likeness (QED) is 0.874. The maximum absolute atomic E-state index is 13.7. The lowest BCUT2D eigenvalue weighted by Gasteiger charge is -2.09. The van der Waals surface area contributed by atoms with E-state index in [1.807, 2.05) is 0 Å². The van der Waals surface area contributed by atoms with E-state index < -0.39 is 11.6 Å². The monoisotopic (exact) mass is 294 g/mol. The SMILES string of the molecule is O=C(NCCC1CCNC1)C1CC1c1ccc(F)cc1F. The Balaban J connectivity index is 1.46. The fourth-order valence-electron chi connectivity index (χ4n) is 3.12. The summed E-state index contributed by atoms with van der Waals surface area (Å²) < 4.78 is 26.5.